The van der Waals surface area contributed by atoms with E-state index in [1.165, 1.54) is 6.07 Å². The number of nitrogens with one attached hydrogen (secondary N) is 1. The van der Waals surface area contributed by atoms with Crippen molar-refractivity contribution in [3.8, 4) is 5.75 Å². The average Bonchev–Trinajstić information content (AvgIpc) is 2.21. The van der Waals surface area contributed by atoms with Crippen molar-refractivity contribution in [3.05, 3.63) is 23.8 Å². The van der Waals surface area contributed by atoms with Gasteiger partial charge in [0.15, 0.2) is 0 Å². The number of nitrogens with two attached hydrogens (primary N) is 1. The molecule has 0 saturated carbocycles. The Bertz CT molecular complexity index is 459. The van der Waals surface area contributed by atoms with Crippen LogP contribution < -0.4 is 11.1 Å². The van der Waals surface area contributed by atoms with E-state index in [-0.39, 0.29) is 11.7 Å². The summed E-state index contributed by atoms with van der Waals surface area (Å²) in [6.07, 6.45) is 0. The largest absolute Gasteiger partial charge is 0.508 e. The van der Waals surface area contributed by atoms with Gasteiger partial charge in [0.05, 0.1) is 5.41 Å². The number of carbonyl (C=O) groups is 1. The summed E-state index contributed by atoms with van der Waals surface area (Å²) in [5.41, 5.74) is 6.00. The van der Waals surface area contributed by atoms with Crippen molar-refractivity contribution in [3.63, 3.8) is 0 Å². The fourth-order valence-electron chi connectivity index (χ4n) is 1.27. The van der Waals surface area contributed by atoms with Crippen molar-refractivity contribution in [2.45, 2.75) is 40.2 Å². The van der Waals surface area contributed by atoms with Gasteiger partial charge >= 0.3 is 0 Å². The number of hydrogen-bond donors (Lipinski definition) is 3. The SMILES string of the molecule is Cc1ccc(NC(=O)C(C)(C)C(C)(C)N)cc1O. The summed E-state index contributed by atoms with van der Waals surface area (Å²) >= 11 is 0. The van der Waals surface area contributed by atoms with Crippen LogP contribution in [0.15, 0.2) is 18.2 Å². The zero-order chi connectivity index (χ0) is 14.1. The van der Waals surface area contributed by atoms with Gasteiger partial charge in [-0.1, -0.05) is 6.07 Å². The first kappa shape index (κ1) is 14.5. The molecule has 4 N–H and O–H groups in total. The summed E-state index contributed by atoms with van der Waals surface area (Å²) in [6.45, 7) is 9.04. The van der Waals surface area contributed by atoms with Crippen LogP contribution in [0.2, 0.25) is 0 Å². The first-order valence-corrected chi connectivity index (χ1v) is 5.95. The van der Waals surface area contributed by atoms with Crippen LogP contribution in [0.4, 0.5) is 5.69 Å². The van der Waals surface area contributed by atoms with Crippen LogP contribution in [0.25, 0.3) is 0 Å². The molecule has 0 radical (unpaired) electrons. The molecule has 0 saturated heterocycles. The number of rotatable bonds is 3. The number of anilines is 1. The molecule has 1 amide bonds. The van der Waals surface area contributed by atoms with E-state index in [9.17, 15) is 9.90 Å². The first-order chi connectivity index (χ1) is 8.05. The maximum atomic E-state index is 12.2. The zero-order valence-corrected chi connectivity index (χ0v) is 11.7. The molecule has 0 heterocycles. The Morgan fingerprint density at radius 1 is 1.28 bits per heavy atom. The van der Waals surface area contributed by atoms with Crippen molar-refractivity contribution in [1.82, 2.24) is 0 Å². The van der Waals surface area contributed by atoms with Gasteiger partial charge in [-0.15, -0.1) is 0 Å². The molecule has 0 spiro atoms. The van der Waals surface area contributed by atoms with Crippen molar-refractivity contribution in [1.29, 1.82) is 0 Å². The number of amides is 1. The molecule has 0 bridgehead atoms. The maximum absolute atomic E-state index is 12.2. The van der Waals surface area contributed by atoms with E-state index >= 15 is 0 Å². The Balaban J connectivity index is 2.91. The number of benzene rings is 1. The molecule has 1 aromatic rings. The molecule has 0 fully saturated rings. The van der Waals surface area contributed by atoms with Gasteiger partial charge in [0.1, 0.15) is 5.75 Å². The summed E-state index contributed by atoms with van der Waals surface area (Å²) in [6, 6.07) is 5.05. The molecule has 0 aliphatic heterocycles. The van der Waals surface area contributed by atoms with Crippen molar-refractivity contribution >= 4 is 11.6 Å². The molecule has 0 aliphatic carbocycles. The summed E-state index contributed by atoms with van der Waals surface area (Å²) < 4.78 is 0. The number of hydrogen-bond acceptors (Lipinski definition) is 3. The second-order valence-electron chi connectivity index (χ2n) is 5.80. The standard InChI is InChI=1S/C14H22N2O2/c1-9-6-7-10(8-11(9)17)16-12(18)13(2,3)14(4,5)15/h6-8,17H,15H2,1-5H3,(H,16,18). The molecule has 0 atom stereocenters. The highest BCUT2D eigenvalue weighted by Crippen LogP contribution is 2.30. The molecular formula is C14H22N2O2. The smallest absolute Gasteiger partial charge is 0.231 e. The Morgan fingerprint density at radius 3 is 2.28 bits per heavy atom. The van der Waals surface area contributed by atoms with Gasteiger partial charge in [0, 0.05) is 17.3 Å². The van der Waals surface area contributed by atoms with Crippen LogP contribution in [0.5, 0.6) is 5.75 Å². The van der Waals surface area contributed by atoms with Crippen LogP contribution in [-0.4, -0.2) is 16.6 Å². The van der Waals surface area contributed by atoms with Crippen LogP contribution in [0, 0.1) is 12.3 Å². The van der Waals surface area contributed by atoms with E-state index in [1.54, 1.807) is 32.9 Å². The van der Waals surface area contributed by atoms with E-state index in [1.807, 2.05) is 13.8 Å². The number of phenols is 1. The van der Waals surface area contributed by atoms with Gasteiger partial charge in [0.25, 0.3) is 0 Å². The molecule has 1 rings (SSSR count). The van der Waals surface area contributed by atoms with Crippen LogP contribution in [0.3, 0.4) is 0 Å². The predicted molar refractivity (Wildman–Crippen MR) is 73.5 cm³/mol. The number of aromatic hydroxyl groups is 1. The van der Waals surface area contributed by atoms with Gasteiger partial charge in [-0.05, 0) is 46.2 Å². The Kier molecular flexibility index (Phi) is 3.72. The lowest BCUT2D eigenvalue weighted by molar-refractivity contribution is -0.126. The van der Waals surface area contributed by atoms with Gasteiger partial charge in [-0.25, -0.2) is 0 Å². The molecule has 4 nitrogen and oxygen atoms in total. The Hall–Kier alpha value is -1.55. The number of phenolic OH excluding ortho intramolecular Hbond substituents is 1. The molecule has 100 valence electrons. The monoisotopic (exact) mass is 250 g/mol. The summed E-state index contributed by atoms with van der Waals surface area (Å²) in [5, 5.41) is 12.4. The molecule has 18 heavy (non-hydrogen) atoms. The molecule has 0 unspecified atom stereocenters. The van der Waals surface area contributed by atoms with Crippen molar-refractivity contribution in [2.24, 2.45) is 11.1 Å². The minimum Gasteiger partial charge on any atom is -0.508 e. The van der Waals surface area contributed by atoms with E-state index in [0.717, 1.165) is 5.56 Å². The summed E-state index contributed by atoms with van der Waals surface area (Å²) in [4.78, 5) is 12.2. The normalized spacial score (nSPS) is 12.3. The second-order valence-corrected chi connectivity index (χ2v) is 5.80. The predicted octanol–water partition coefficient (Wildman–Crippen LogP) is 2.40. The topological polar surface area (TPSA) is 75.4 Å². The van der Waals surface area contributed by atoms with Gasteiger partial charge in [0.2, 0.25) is 5.91 Å². The molecular weight excluding hydrogens is 228 g/mol. The lowest BCUT2D eigenvalue weighted by atomic mass is 9.74. The lowest BCUT2D eigenvalue weighted by Crippen LogP contribution is -2.53. The Labute approximate surface area is 108 Å². The average molecular weight is 250 g/mol. The van der Waals surface area contributed by atoms with E-state index in [2.05, 4.69) is 5.32 Å². The first-order valence-electron chi connectivity index (χ1n) is 5.95. The quantitative estimate of drug-likeness (QED) is 0.771. The fraction of sp³-hybridized carbons (Fsp3) is 0.500. The Morgan fingerprint density at radius 2 is 1.83 bits per heavy atom. The third-order valence-electron chi connectivity index (χ3n) is 3.65. The third-order valence-corrected chi connectivity index (χ3v) is 3.65. The molecule has 4 heteroatoms. The zero-order valence-electron chi connectivity index (χ0n) is 11.7. The number of aryl methyl sites for hydroxylation is 1. The summed E-state index contributed by atoms with van der Waals surface area (Å²) in [7, 11) is 0. The van der Waals surface area contributed by atoms with Gasteiger partial charge in [-0.2, -0.15) is 0 Å². The minimum absolute atomic E-state index is 0.164. The highest BCUT2D eigenvalue weighted by Gasteiger charge is 2.40. The van der Waals surface area contributed by atoms with E-state index in [0.29, 0.717) is 5.69 Å². The highest BCUT2D eigenvalue weighted by molar-refractivity contribution is 5.95. The molecule has 0 aliphatic rings. The maximum Gasteiger partial charge on any atom is 0.231 e. The van der Waals surface area contributed by atoms with Crippen LogP contribution in [-0.2, 0) is 4.79 Å². The fourth-order valence-corrected chi connectivity index (χ4v) is 1.27. The van der Waals surface area contributed by atoms with Crippen molar-refractivity contribution in [2.75, 3.05) is 5.32 Å². The van der Waals surface area contributed by atoms with Crippen LogP contribution >= 0.6 is 0 Å². The number of carbonyl (C=O) groups excluding carboxylic acids is 1. The van der Waals surface area contributed by atoms with E-state index in [4.69, 9.17) is 5.73 Å². The van der Waals surface area contributed by atoms with Gasteiger partial charge in [-0.3, -0.25) is 4.79 Å². The van der Waals surface area contributed by atoms with Crippen molar-refractivity contribution < 1.29 is 9.90 Å². The third kappa shape index (κ3) is 2.82. The molecule has 1 aromatic carbocycles. The van der Waals surface area contributed by atoms with Crippen LogP contribution in [0.1, 0.15) is 33.3 Å². The summed E-state index contributed by atoms with van der Waals surface area (Å²) in [5.74, 6) is -0.00383. The highest BCUT2D eigenvalue weighted by atomic mass is 16.3. The van der Waals surface area contributed by atoms with E-state index < -0.39 is 11.0 Å². The van der Waals surface area contributed by atoms with Gasteiger partial charge < -0.3 is 16.2 Å². The molecule has 0 aromatic heterocycles. The second kappa shape index (κ2) is 4.61. The lowest BCUT2D eigenvalue weighted by Gasteiger charge is -2.36. The minimum atomic E-state index is -0.715.